The van der Waals surface area contributed by atoms with Crippen molar-refractivity contribution in [1.29, 1.82) is 0 Å². The molecule has 3 unspecified atom stereocenters. The number of hydrogen-bond donors (Lipinski definition) is 4. The number of amides is 1. The third kappa shape index (κ3) is 41.4. The standard InChI is InChI=1S/C47H80NO10P/c1-3-5-7-9-11-13-15-17-19-21-22-23-25-27-29-31-33-35-37-39-46(51)56-40-43(49)41-57-59(54,55)58-42-44(47(52)53)48-45(50)38-36-34-32-30-28-26-24-20-18-16-14-12-10-8-6-4-2/h5,7,11,13,17,19,22-23,27,29,33,35,43-44,49H,3-4,6,8-10,12,14-16,18,20-21,24-26,28,30-32,34,36-42H2,1-2H3,(H,48,50)(H,52,53)(H,54,55)/b7-5-,13-11-,19-17-,23-22-,29-27-,35-33-. The Morgan fingerprint density at radius 2 is 0.966 bits per heavy atom. The van der Waals surface area contributed by atoms with Gasteiger partial charge in [0.15, 0.2) is 6.04 Å². The first-order valence-electron chi connectivity index (χ1n) is 22.5. The number of allylic oxidation sites excluding steroid dienone is 12. The minimum Gasteiger partial charge on any atom is -0.480 e. The quantitative estimate of drug-likeness (QED) is 0.0201. The number of hydrogen-bond acceptors (Lipinski definition) is 8. The first-order valence-corrected chi connectivity index (χ1v) is 24.0. The number of aliphatic carboxylic acids is 1. The average Bonchev–Trinajstić information content (AvgIpc) is 3.21. The number of carbonyl (C=O) groups is 3. The Hall–Kier alpha value is -3.08. The van der Waals surface area contributed by atoms with Crippen molar-refractivity contribution in [2.24, 2.45) is 0 Å². The highest BCUT2D eigenvalue weighted by Gasteiger charge is 2.28. The number of phosphoric ester groups is 1. The van der Waals surface area contributed by atoms with Gasteiger partial charge in [0.25, 0.3) is 0 Å². The normalized spacial score (nSPS) is 14.4. The number of phosphoric acid groups is 1. The number of ether oxygens (including phenoxy) is 1. The summed E-state index contributed by atoms with van der Waals surface area (Å²) < 4.78 is 26.8. The second-order valence-corrected chi connectivity index (χ2v) is 16.3. The Kier molecular flexibility index (Phi) is 39.5. The van der Waals surface area contributed by atoms with Gasteiger partial charge in [0.2, 0.25) is 5.91 Å². The Bertz CT molecular complexity index is 1280. The van der Waals surface area contributed by atoms with E-state index in [1.165, 1.54) is 77.0 Å². The lowest BCUT2D eigenvalue weighted by Crippen LogP contribution is -2.43. The number of unbranched alkanes of at least 4 members (excludes halogenated alkanes) is 15. The van der Waals surface area contributed by atoms with Crippen molar-refractivity contribution in [3.05, 3.63) is 72.9 Å². The minimum atomic E-state index is -4.78. The number of aliphatic hydroxyl groups excluding tert-OH is 1. The Balaban J connectivity index is 3.99. The Morgan fingerprint density at radius 3 is 1.41 bits per heavy atom. The summed E-state index contributed by atoms with van der Waals surface area (Å²) in [5, 5.41) is 21.8. The molecule has 0 aromatic heterocycles. The van der Waals surface area contributed by atoms with Crippen LogP contribution in [0.4, 0.5) is 0 Å². The molecule has 0 radical (unpaired) electrons. The highest BCUT2D eigenvalue weighted by atomic mass is 31.2. The molecule has 3 atom stereocenters. The summed E-state index contributed by atoms with van der Waals surface area (Å²) in [6.45, 7) is 2.40. The van der Waals surface area contributed by atoms with E-state index in [1.807, 2.05) is 18.2 Å². The number of aliphatic hydroxyl groups is 1. The molecule has 0 rings (SSSR count). The molecule has 0 aromatic carbocycles. The Labute approximate surface area is 357 Å². The third-order valence-corrected chi connectivity index (χ3v) is 10.2. The lowest BCUT2D eigenvalue weighted by Gasteiger charge is -2.18. The molecule has 59 heavy (non-hydrogen) atoms. The van der Waals surface area contributed by atoms with Gasteiger partial charge in [-0.3, -0.25) is 18.6 Å². The van der Waals surface area contributed by atoms with E-state index in [-0.39, 0.29) is 12.8 Å². The van der Waals surface area contributed by atoms with Crippen molar-refractivity contribution in [3.63, 3.8) is 0 Å². The van der Waals surface area contributed by atoms with Gasteiger partial charge in [-0.05, 0) is 51.4 Å². The van der Waals surface area contributed by atoms with Gasteiger partial charge in [-0.1, -0.05) is 183 Å². The van der Waals surface area contributed by atoms with Crippen molar-refractivity contribution in [3.8, 4) is 0 Å². The molecule has 0 aliphatic rings. The van der Waals surface area contributed by atoms with Crippen molar-refractivity contribution in [2.45, 2.75) is 187 Å². The summed E-state index contributed by atoms with van der Waals surface area (Å²) in [7, 11) is -4.78. The average molecular weight is 850 g/mol. The summed E-state index contributed by atoms with van der Waals surface area (Å²) >= 11 is 0. The van der Waals surface area contributed by atoms with Gasteiger partial charge in [0.05, 0.1) is 13.2 Å². The van der Waals surface area contributed by atoms with Crippen LogP contribution < -0.4 is 5.32 Å². The van der Waals surface area contributed by atoms with Crippen molar-refractivity contribution in [2.75, 3.05) is 19.8 Å². The van der Waals surface area contributed by atoms with E-state index in [9.17, 15) is 34.1 Å². The van der Waals surface area contributed by atoms with E-state index >= 15 is 0 Å². The fourth-order valence-corrected chi connectivity index (χ4v) is 6.58. The van der Waals surface area contributed by atoms with Gasteiger partial charge in [-0.25, -0.2) is 9.36 Å². The van der Waals surface area contributed by atoms with E-state index in [0.717, 1.165) is 57.8 Å². The van der Waals surface area contributed by atoms with Crippen LogP contribution in [0.15, 0.2) is 72.9 Å². The monoisotopic (exact) mass is 850 g/mol. The molecule has 1 amide bonds. The highest BCUT2D eigenvalue weighted by molar-refractivity contribution is 7.47. The molecule has 0 fully saturated rings. The largest absolute Gasteiger partial charge is 0.480 e. The molecule has 0 saturated carbocycles. The summed E-state index contributed by atoms with van der Waals surface area (Å²) in [6, 6.07) is -1.56. The van der Waals surface area contributed by atoms with Crippen molar-refractivity contribution < 1.29 is 47.8 Å². The maximum atomic E-state index is 12.3. The molecular formula is C47H80NO10P. The summed E-state index contributed by atoms with van der Waals surface area (Å²) in [5.41, 5.74) is 0. The number of carboxylic acid groups (broad SMARTS) is 1. The third-order valence-electron chi connectivity index (χ3n) is 9.27. The van der Waals surface area contributed by atoms with E-state index in [2.05, 4.69) is 73.8 Å². The van der Waals surface area contributed by atoms with Gasteiger partial charge >= 0.3 is 19.8 Å². The summed E-state index contributed by atoms with van der Waals surface area (Å²) in [6.07, 6.45) is 49.4. The zero-order chi connectivity index (χ0) is 43.5. The molecular weight excluding hydrogens is 769 g/mol. The van der Waals surface area contributed by atoms with Crippen molar-refractivity contribution >= 4 is 25.7 Å². The van der Waals surface area contributed by atoms with Gasteiger partial charge in [0, 0.05) is 12.8 Å². The van der Waals surface area contributed by atoms with Crippen LogP contribution in [0.5, 0.6) is 0 Å². The SMILES string of the molecule is CC/C=C\C/C=C\C/C=C\C/C=C\C/C=C\C/C=C\CCC(=O)OCC(O)COP(=O)(O)OCC(NC(=O)CCCCCCCCCCCCCCCCCC)C(=O)O. The van der Waals surface area contributed by atoms with Crippen LogP contribution in [-0.2, 0) is 32.7 Å². The first kappa shape index (κ1) is 55.9. The predicted octanol–water partition coefficient (Wildman–Crippen LogP) is 11.7. The summed E-state index contributed by atoms with van der Waals surface area (Å²) in [4.78, 5) is 45.9. The number of nitrogens with one attached hydrogen (secondary N) is 1. The number of esters is 1. The Morgan fingerprint density at radius 1 is 0.559 bits per heavy atom. The molecule has 4 N–H and O–H groups in total. The topological polar surface area (TPSA) is 169 Å². The molecule has 0 saturated heterocycles. The zero-order valence-electron chi connectivity index (χ0n) is 36.5. The number of carboxylic acids is 1. The van der Waals surface area contributed by atoms with E-state index in [0.29, 0.717) is 12.8 Å². The van der Waals surface area contributed by atoms with Crippen LogP contribution in [-0.4, -0.2) is 64.9 Å². The minimum absolute atomic E-state index is 0.0963. The lowest BCUT2D eigenvalue weighted by molar-refractivity contribution is -0.147. The van der Waals surface area contributed by atoms with E-state index in [1.54, 1.807) is 0 Å². The lowest BCUT2D eigenvalue weighted by atomic mass is 10.0. The van der Waals surface area contributed by atoms with Gasteiger partial charge in [-0.15, -0.1) is 0 Å². The van der Waals surface area contributed by atoms with Crippen LogP contribution >= 0.6 is 7.82 Å². The maximum Gasteiger partial charge on any atom is 0.472 e. The van der Waals surface area contributed by atoms with Crippen LogP contribution in [0.2, 0.25) is 0 Å². The molecule has 338 valence electrons. The molecule has 12 heteroatoms. The molecule has 0 spiro atoms. The van der Waals surface area contributed by atoms with E-state index in [4.69, 9.17) is 13.8 Å². The van der Waals surface area contributed by atoms with E-state index < -0.39 is 57.6 Å². The van der Waals surface area contributed by atoms with Crippen LogP contribution in [0.25, 0.3) is 0 Å². The maximum absolute atomic E-state index is 12.3. The fourth-order valence-electron chi connectivity index (χ4n) is 5.81. The second-order valence-electron chi connectivity index (χ2n) is 14.9. The molecule has 0 aliphatic carbocycles. The predicted molar refractivity (Wildman–Crippen MR) is 240 cm³/mol. The second kappa shape index (κ2) is 41.6. The molecule has 0 aromatic rings. The van der Waals surface area contributed by atoms with Crippen LogP contribution in [0, 0.1) is 0 Å². The van der Waals surface area contributed by atoms with Crippen LogP contribution in [0.1, 0.15) is 174 Å². The summed E-state index contributed by atoms with van der Waals surface area (Å²) in [5.74, 6) is -2.47. The molecule has 0 bridgehead atoms. The number of carbonyl (C=O) groups excluding carboxylic acids is 2. The van der Waals surface area contributed by atoms with Crippen LogP contribution in [0.3, 0.4) is 0 Å². The molecule has 0 aliphatic heterocycles. The number of rotatable bonds is 41. The van der Waals surface area contributed by atoms with Gasteiger partial charge < -0.3 is 25.2 Å². The first-order chi connectivity index (χ1) is 28.6. The zero-order valence-corrected chi connectivity index (χ0v) is 37.4. The molecule has 0 heterocycles. The highest BCUT2D eigenvalue weighted by Crippen LogP contribution is 2.43. The smallest absolute Gasteiger partial charge is 0.472 e. The molecule has 11 nitrogen and oxygen atoms in total. The van der Waals surface area contributed by atoms with Gasteiger partial charge in [-0.2, -0.15) is 0 Å². The fraction of sp³-hybridized carbons (Fsp3) is 0.681. The van der Waals surface area contributed by atoms with Gasteiger partial charge in [0.1, 0.15) is 12.7 Å². The van der Waals surface area contributed by atoms with Crippen molar-refractivity contribution in [1.82, 2.24) is 5.32 Å².